The lowest BCUT2D eigenvalue weighted by atomic mass is 10.0. The molecule has 1 aromatic heterocycles. The van der Waals surface area contributed by atoms with Gasteiger partial charge in [-0.1, -0.05) is 88.7 Å². The molecule has 0 aliphatic carbocycles. The first-order valence-electron chi connectivity index (χ1n) is 10.3. The third-order valence-electron chi connectivity index (χ3n) is 5.80. The minimum atomic E-state index is 0.790. The van der Waals surface area contributed by atoms with Gasteiger partial charge in [0.15, 0.2) is 0 Å². The summed E-state index contributed by atoms with van der Waals surface area (Å²) in [6.45, 7) is 0. The quantitative estimate of drug-likeness (QED) is 0.306. The van der Waals surface area contributed by atoms with Crippen LogP contribution < -0.4 is 10.4 Å². The Balaban J connectivity index is 1.74. The van der Waals surface area contributed by atoms with E-state index in [9.17, 15) is 0 Å². The highest BCUT2D eigenvalue weighted by atomic mass is 79.9. The van der Waals surface area contributed by atoms with Crippen molar-refractivity contribution < 1.29 is 4.42 Å². The number of hydrogen-bond acceptors (Lipinski definition) is 2. The second kappa shape index (κ2) is 7.36. The summed E-state index contributed by atoms with van der Waals surface area (Å²) in [6.07, 6.45) is 3.07. The molecular weight excluding hydrogens is 446 g/mol. The van der Waals surface area contributed by atoms with Crippen LogP contribution in [0.4, 0.5) is 0 Å². The molecule has 1 aliphatic heterocycles. The van der Waals surface area contributed by atoms with E-state index in [1.807, 2.05) is 24.3 Å². The van der Waals surface area contributed by atoms with Gasteiger partial charge in [-0.3, -0.25) is 4.99 Å². The van der Waals surface area contributed by atoms with Crippen LogP contribution in [-0.2, 0) is 0 Å². The van der Waals surface area contributed by atoms with Gasteiger partial charge in [-0.2, -0.15) is 0 Å². The predicted octanol–water partition coefficient (Wildman–Crippen LogP) is 6.18. The molecule has 3 heteroatoms. The van der Waals surface area contributed by atoms with E-state index in [0.29, 0.717) is 0 Å². The number of nitrogens with zero attached hydrogens (tertiary/aromatic N) is 1. The minimum absolute atomic E-state index is 0.790. The van der Waals surface area contributed by atoms with Crippen LogP contribution in [0.15, 0.2) is 105 Å². The van der Waals surface area contributed by atoms with Crippen molar-refractivity contribution in [2.24, 2.45) is 4.99 Å². The van der Waals surface area contributed by atoms with Crippen molar-refractivity contribution in [3.05, 3.63) is 117 Å². The fraction of sp³-hybridized carbons (Fsp3) is 0.0357. The van der Waals surface area contributed by atoms with Crippen LogP contribution in [0.25, 0.3) is 33.7 Å². The third kappa shape index (κ3) is 3.13. The smallest absolute Gasteiger partial charge is 0.136 e. The van der Waals surface area contributed by atoms with Gasteiger partial charge >= 0.3 is 0 Å². The molecule has 31 heavy (non-hydrogen) atoms. The van der Waals surface area contributed by atoms with E-state index in [1.165, 1.54) is 5.22 Å². The lowest BCUT2D eigenvalue weighted by Gasteiger charge is -2.08. The number of benzene rings is 4. The number of rotatable bonds is 2. The maximum absolute atomic E-state index is 6.18. The molecule has 0 unspecified atom stereocenters. The van der Waals surface area contributed by atoms with Crippen LogP contribution in [0.5, 0.6) is 0 Å². The van der Waals surface area contributed by atoms with E-state index >= 15 is 0 Å². The summed E-state index contributed by atoms with van der Waals surface area (Å²) in [5, 5.41) is 4.54. The highest BCUT2D eigenvalue weighted by Gasteiger charge is 2.17. The van der Waals surface area contributed by atoms with Crippen LogP contribution >= 0.6 is 15.9 Å². The van der Waals surface area contributed by atoms with E-state index in [-0.39, 0.29) is 0 Å². The van der Waals surface area contributed by atoms with Gasteiger partial charge in [-0.25, -0.2) is 0 Å². The zero-order valence-electron chi connectivity index (χ0n) is 16.7. The van der Waals surface area contributed by atoms with E-state index in [0.717, 1.165) is 60.6 Å². The Morgan fingerprint density at radius 1 is 0.774 bits per heavy atom. The molecule has 1 aliphatic rings. The summed E-state index contributed by atoms with van der Waals surface area (Å²) in [4.78, 5) is 5.27. The highest BCUT2D eigenvalue weighted by molar-refractivity contribution is 9.10. The molecule has 6 rings (SSSR count). The van der Waals surface area contributed by atoms with E-state index in [2.05, 4.69) is 88.7 Å². The molecule has 4 aromatic carbocycles. The normalized spacial score (nSPS) is 13.6. The van der Waals surface area contributed by atoms with Crippen LogP contribution in [0.1, 0.15) is 17.5 Å². The molecule has 2 nitrogen and oxygen atoms in total. The first-order valence-corrected chi connectivity index (χ1v) is 11.1. The zero-order chi connectivity index (χ0) is 20.8. The number of fused-ring (bicyclic) bond motifs is 4. The second-order valence-corrected chi connectivity index (χ2v) is 8.61. The van der Waals surface area contributed by atoms with Gasteiger partial charge in [0.1, 0.15) is 11.2 Å². The topological polar surface area (TPSA) is 25.5 Å². The number of hydrogen-bond donors (Lipinski definition) is 0. The molecule has 0 atom stereocenters. The average molecular weight is 464 g/mol. The molecule has 0 bridgehead atoms. The molecule has 0 N–H and O–H groups in total. The first-order chi connectivity index (χ1) is 15.3. The lowest BCUT2D eigenvalue weighted by Crippen LogP contribution is -2.25. The number of aliphatic imine (C=N–C) groups is 1. The minimum Gasteiger partial charge on any atom is -0.456 e. The van der Waals surface area contributed by atoms with Crippen molar-refractivity contribution in [1.29, 1.82) is 0 Å². The molecule has 0 spiro atoms. The second-order valence-electron chi connectivity index (χ2n) is 7.69. The molecule has 0 radical (unpaired) electrons. The van der Waals surface area contributed by atoms with Crippen molar-refractivity contribution in [3.8, 4) is 0 Å². The van der Waals surface area contributed by atoms with Gasteiger partial charge in [-0.15, -0.1) is 0 Å². The first kappa shape index (κ1) is 18.3. The van der Waals surface area contributed by atoms with E-state index in [4.69, 9.17) is 9.41 Å². The van der Waals surface area contributed by atoms with Crippen molar-refractivity contribution in [1.82, 2.24) is 0 Å². The third-order valence-corrected chi connectivity index (χ3v) is 6.29. The van der Waals surface area contributed by atoms with Crippen LogP contribution in [0, 0.1) is 0 Å². The maximum atomic E-state index is 6.18. The van der Waals surface area contributed by atoms with Crippen molar-refractivity contribution in [2.45, 2.75) is 6.42 Å². The predicted molar refractivity (Wildman–Crippen MR) is 132 cm³/mol. The van der Waals surface area contributed by atoms with Gasteiger partial charge < -0.3 is 4.42 Å². The van der Waals surface area contributed by atoms with Crippen LogP contribution in [-0.4, -0.2) is 5.71 Å². The Morgan fingerprint density at radius 2 is 1.61 bits per heavy atom. The zero-order valence-corrected chi connectivity index (χ0v) is 18.3. The molecule has 2 heterocycles. The maximum Gasteiger partial charge on any atom is 0.136 e. The molecule has 0 saturated heterocycles. The van der Waals surface area contributed by atoms with E-state index < -0.39 is 0 Å². The van der Waals surface area contributed by atoms with Gasteiger partial charge in [0.25, 0.3) is 0 Å². The fourth-order valence-electron chi connectivity index (χ4n) is 4.35. The number of halogens is 1. The largest absolute Gasteiger partial charge is 0.456 e. The van der Waals surface area contributed by atoms with Crippen molar-refractivity contribution in [2.75, 3.05) is 0 Å². The highest BCUT2D eigenvalue weighted by Crippen LogP contribution is 2.36. The number of furan rings is 1. The fourth-order valence-corrected chi connectivity index (χ4v) is 4.71. The SMILES string of the molecule is Brc1ccc2oc3cccc(C4=c5ccccc5=CCC(c5ccccc5)=N4)c3c2c1. The Morgan fingerprint density at radius 3 is 2.52 bits per heavy atom. The Bertz CT molecular complexity index is 1610. The summed E-state index contributed by atoms with van der Waals surface area (Å²) >= 11 is 3.62. The van der Waals surface area contributed by atoms with E-state index in [1.54, 1.807) is 0 Å². The molecule has 5 aromatic rings. The van der Waals surface area contributed by atoms with Crippen molar-refractivity contribution >= 4 is 55.4 Å². The molecule has 148 valence electrons. The van der Waals surface area contributed by atoms with Gasteiger partial charge in [0.05, 0.1) is 11.4 Å². The Kier molecular flexibility index (Phi) is 4.36. The molecule has 0 fully saturated rings. The standard InChI is InChI=1S/C28H18BrNO/c29-20-14-16-25-23(17-20)27-22(11-6-12-26(27)31-25)28-21-10-5-4-7-18(21)13-15-24(30-28)19-8-2-1-3-9-19/h1-14,16-17H,15H2. The van der Waals surface area contributed by atoms with Gasteiger partial charge in [-0.05, 0) is 35.0 Å². The average Bonchev–Trinajstić information content (AvgIpc) is 3.06. The molecule has 0 amide bonds. The summed E-state index contributed by atoms with van der Waals surface area (Å²) in [7, 11) is 0. The van der Waals surface area contributed by atoms with Crippen molar-refractivity contribution in [3.63, 3.8) is 0 Å². The van der Waals surface area contributed by atoms with Gasteiger partial charge in [0.2, 0.25) is 0 Å². The monoisotopic (exact) mass is 463 g/mol. The van der Waals surface area contributed by atoms with Crippen LogP contribution in [0.3, 0.4) is 0 Å². The van der Waals surface area contributed by atoms with Crippen LogP contribution in [0.2, 0.25) is 0 Å². The lowest BCUT2D eigenvalue weighted by molar-refractivity contribution is 0.669. The Hall–Kier alpha value is -3.43. The molecule has 0 saturated carbocycles. The summed E-state index contributed by atoms with van der Waals surface area (Å²) < 4.78 is 7.21. The summed E-state index contributed by atoms with van der Waals surface area (Å²) in [6, 6.07) is 31.3. The van der Waals surface area contributed by atoms with Gasteiger partial charge in [0, 0.05) is 32.4 Å². The molecular formula is C28H18BrNO. The Labute approximate surface area is 188 Å². The summed E-state index contributed by atoms with van der Waals surface area (Å²) in [5.74, 6) is 0. The summed E-state index contributed by atoms with van der Waals surface area (Å²) in [5.41, 5.74) is 6.04.